The van der Waals surface area contributed by atoms with Crippen LogP contribution in [0.4, 0.5) is 0 Å². The number of aryl methyl sites for hydroxylation is 1. The molecule has 0 saturated heterocycles. The summed E-state index contributed by atoms with van der Waals surface area (Å²) in [6, 6.07) is 0. The minimum absolute atomic E-state index is 0.835. The van der Waals surface area contributed by atoms with Gasteiger partial charge in [-0.1, -0.05) is 26.7 Å². The molecule has 1 aromatic rings. The van der Waals surface area contributed by atoms with Crippen LogP contribution in [0.15, 0.2) is 12.4 Å². The Morgan fingerprint density at radius 1 is 1.25 bits per heavy atom. The largest absolute Gasteiger partial charge is 0.317 e. The van der Waals surface area contributed by atoms with Crippen LogP contribution in [0.2, 0.25) is 0 Å². The molecule has 0 bridgehead atoms. The van der Waals surface area contributed by atoms with E-state index >= 15 is 0 Å². The van der Waals surface area contributed by atoms with Crippen LogP contribution in [0.5, 0.6) is 0 Å². The van der Waals surface area contributed by atoms with Gasteiger partial charge in [0.2, 0.25) is 0 Å². The van der Waals surface area contributed by atoms with E-state index in [-0.39, 0.29) is 0 Å². The van der Waals surface area contributed by atoms with Gasteiger partial charge < -0.3 is 5.32 Å². The predicted molar refractivity (Wildman–Crippen MR) is 84.8 cm³/mol. The standard InChI is InChI=1S/C17H31N3/c1-4-14-7-8-16(12-18-5-2)17(9-14)10-15-11-19-20(6-3)13-15/h11,13-14,16-18H,4-10,12H2,1-3H3. The smallest absolute Gasteiger partial charge is 0.0521 e. The maximum absolute atomic E-state index is 4.43. The van der Waals surface area contributed by atoms with Crippen molar-refractivity contribution in [1.82, 2.24) is 15.1 Å². The van der Waals surface area contributed by atoms with E-state index in [1.54, 1.807) is 0 Å². The van der Waals surface area contributed by atoms with Gasteiger partial charge in [-0.25, -0.2) is 0 Å². The van der Waals surface area contributed by atoms with Crippen LogP contribution in [0.3, 0.4) is 0 Å². The summed E-state index contributed by atoms with van der Waals surface area (Å²) in [4.78, 5) is 0. The van der Waals surface area contributed by atoms with Gasteiger partial charge in [0.1, 0.15) is 0 Å². The lowest BCUT2D eigenvalue weighted by molar-refractivity contribution is 0.172. The van der Waals surface area contributed by atoms with Crippen molar-refractivity contribution in [2.75, 3.05) is 13.1 Å². The first-order valence-corrected chi connectivity index (χ1v) is 8.48. The topological polar surface area (TPSA) is 29.9 Å². The molecule has 0 spiro atoms. The van der Waals surface area contributed by atoms with Gasteiger partial charge in [0.15, 0.2) is 0 Å². The summed E-state index contributed by atoms with van der Waals surface area (Å²) >= 11 is 0. The second kappa shape index (κ2) is 7.82. The van der Waals surface area contributed by atoms with Crippen LogP contribution in [-0.2, 0) is 13.0 Å². The van der Waals surface area contributed by atoms with Crippen molar-refractivity contribution in [3.8, 4) is 0 Å². The fourth-order valence-corrected chi connectivity index (χ4v) is 3.63. The molecule has 1 fully saturated rings. The predicted octanol–water partition coefficient (Wildman–Crippen LogP) is 3.50. The van der Waals surface area contributed by atoms with Crippen LogP contribution in [0, 0.1) is 17.8 Å². The third-order valence-electron chi connectivity index (χ3n) is 4.99. The van der Waals surface area contributed by atoms with E-state index in [2.05, 4.69) is 48.3 Å². The zero-order chi connectivity index (χ0) is 14.4. The molecule has 1 aliphatic carbocycles. The maximum atomic E-state index is 4.43. The lowest BCUT2D eigenvalue weighted by atomic mass is 9.71. The molecular formula is C17H31N3. The lowest BCUT2D eigenvalue weighted by Crippen LogP contribution is -2.34. The van der Waals surface area contributed by atoms with E-state index in [4.69, 9.17) is 0 Å². The Labute approximate surface area is 124 Å². The highest BCUT2D eigenvalue weighted by Crippen LogP contribution is 2.37. The van der Waals surface area contributed by atoms with Gasteiger partial charge in [-0.05, 0) is 62.6 Å². The van der Waals surface area contributed by atoms with Crippen molar-refractivity contribution >= 4 is 0 Å². The molecule has 0 amide bonds. The highest BCUT2D eigenvalue weighted by atomic mass is 15.3. The number of rotatable bonds is 7. The number of nitrogens with one attached hydrogen (secondary N) is 1. The Morgan fingerprint density at radius 2 is 2.10 bits per heavy atom. The number of nitrogens with zero attached hydrogens (tertiary/aromatic N) is 2. The van der Waals surface area contributed by atoms with Crippen molar-refractivity contribution in [2.45, 2.75) is 59.4 Å². The summed E-state index contributed by atoms with van der Waals surface area (Å²) in [5.41, 5.74) is 1.43. The van der Waals surface area contributed by atoms with Crippen LogP contribution in [0.25, 0.3) is 0 Å². The Hall–Kier alpha value is -0.830. The van der Waals surface area contributed by atoms with Crippen LogP contribution < -0.4 is 5.32 Å². The number of hydrogen-bond acceptors (Lipinski definition) is 2. The summed E-state index contributed by atoms with van der Waals surface area (Å²) in [5.74, 6) is 2.63. The monoisotopic (exact) mass is 277 g/mol. The first kappa shape index (κ1) is 15.6. The molecule has 0 aliphatic heterocycles. The molecule has 3 unspecified atom stereocenters. The second-order valence-electron chi connectivity index (χ2n) is 6.32. The molecule has 3 heteroatoms. The van der Waals surface area contributed by atoms with Crippen molar-refractivity contribution in [2.24, 2.45) is 17.8 Å². The Balaban J connectivity index is 1.98. The molecule has 3 nitrogen and oxygen atoms in total. The third kappa shape index (κ3) is 4.08. The normalized spacial score (nSPS) is 26.9. The Morgan fingerprint density at radius 3 is 2.75 bits per heavy atom. The van der Waals surface area contributed by atoms with Gasteiger partial charge in [-0.15, -0.1) is 0 Å². The zero-order valence-corrected chi connectivity index (χ0v) is 13.4. The molecule has 1 aliphatic rings. The summed E-state index contributed by atoms with van der Waals surface area (Å²) < 4.78 is 2.05. The van der Waals surface area contributed by atoms with E-state index in [0.717, 1.165) is 30.8 Å². The van der Waals surface area contributed by atoms with Crippen LogP contribution in [-0.4, -0.2) is 22.9 Å². The van der Waals surface area contributed by atoms with E-state index in [0.29, 0.717) is 0 Å². The fourth-order valence-electron chi connectivity index (χ4n) is 3.63. The molecule has 0 radical (unpaired) electrons. The highest BCUT2D eigenvalue weighted by molar-refractivity contribution is 5.06. The Kier molecular flexibility index (Phi) is 6.08. The van der Waals surface area contributed by atoms with Gasteiger partial charge in [0.25, 0.3) is 0 Å². The molecule has 1 heterocycles. The zero-order valence-electron chi connectivity index (χ0n) is 13.4. The van der Waals surface area contributed by atoms with Gasteiger partial charge in [-0.2, -0.15) is 5.10 Å². The summed E-state index contributed by atoms with van der Waals surface area (Å²) in [7, 11) is 0. The minimum atomic E-state index is 0.835. The molecule has 0 aromatic carbocycles. The average Bonchev–Trinajstić information content (AvgIpc) is 2.93. The Bertz CT molecular complexity index is 385. The lowest BCUT2D eigenvalue weighted by Gasteiger charge is -2.36. The van der Waals surface area contributed by atoms with Gasteiger partial charge in [0.05, 0.1) is 6.20 Å². The second-order valence-corrected chi connectivity index (χ2v) is 6.32. The van der Waals surface area contributed by atoms with Gasteiger partial charge in [0, 0.05) is 12.7 Å². The number of aromatic nitrogens is 2. The summed E-state index contributed by atoms with van der Waals surface area (Å²) in [5, 5.41) is 7.99. The van der Waals surface area contributed by atoms with E-state index in [1.807, 2.05) is 0 Å². The first-order chi connectivity index (χ1) is 9.76. The summed E-state index contributed by atoms with van der Waals surface area (Å²) in [6.07, 6.45) is 11.1. The first-order valence-electron chi connectivity index (χ1n) is 8.48. The summed E-state index contributed by atoms with van der Waals surface area (Å²) in [6.45, 7) is 9.97. The molecule has 2 rings (SSSR count). The number of hydrogen-bond donors (Lipinski definition) is 1. The van der Waals surface area contributed by atoms with Crippen LogP contribution >= 0.6 is 0 Å². The molecule has 3 atom stereocenters. The van der Waals surface area contributed by atoms with Crippen molar-refractivity contribution < 1.29 is 0 Å². The molecular weight excluding hydrogens is 246 g/mol. The van der Waals surface area contributed by atoms with Crippen molar-refractivity contribution in [3.63, 3.8) is 0 Å². The molecule has 20 heavy (non-hydrogen) atoms. The quantitative estimate of drug-likeness (QED) is 0.826. The van der Waals surface area contributed by atoms with E-state index < -0.39 is 0 Å². The van der Waals surface area contributed by atoms with E-state index in [9.17, 15) is 0 Å². The molecule has 1 N–H and O–H groups in total. The fraction of sp³-hybridized carbons (Fsp3) is 0.824. The highest BCUT2D eigenvalue weighted by Gasteiger charge is 2.29. The molecule has 1 aromatic heterocycles. The minimum Gasteiger partial charge on any atom is -0.317 e. The average molecular weight is 277 g/mol. The van der Waals surface area contributed by atoms with Gasteiger partial charge >= 0.3 is 0 Å². The van der Waals surface area contributed by atoms with Crippen LogP contribution in [0.1, 0.15) is 52.0 Å². The van der Waals surface area contributed by atoms with Crippen molar-refractivity contribution in [3.05, 3.63) is 18.0 Å². The molecule has 1 saturated carbocycles. The van der Waals surface area contributed by atoms with E-state index in [1.165, 1.54) is 44.2 Å². The third-order valence-corrected chi connectivity index (χ3v) is 4.99. The van der Waals surface area contributed by atoms with Crippen molar-refractivity contribution in [1.29, 1.82) is 0 Å². The maximum Gasteiger partial charge on any atom is 0.0521 e. The van der Waals surface area contributed by atoms with Gasteiger partial charge in [-0.3, -0.25) is 4.68 Å². The molecule has 114 valence electrons. The SMILES string of the molecule is CCNCC1CCC(CC)CC1Cc1cnn(CC)c1.